The van der Waals surface area contributed by atoms with Crippen LogP contribution in [0.15, 0.2) is 30.3 Å². The summed E-state index contributed by atoms with van der Waals surface area (Å²) in [5.74, 6) is 1.06. The van der Waals surface area contributed by atoms with Crippen molar-refractivity contribution in [2.45, 2.75) is 31.7 Å². The highest BCUT2D eigenvalue weighted by Crippen LogP contribution is 2.28. The molecule has 0 atom stereocenters. The van der Waals surface area contributed by atoms with Crippen molar-refractivity contribution < 1.29 is 4.79 Å². The number of carbonyl (C=O) groups is 1. The molecule has 2 aromatic rings. The second kappa shape index (κ2) is 5.53. The number of carbonyl (C=O) groups excluding carboxylic acids is 1. The molecule has 0 saturated heterocycles. The van der Waals surface area contributed by atoms with Gasteiger partial charge in [-0.05, 0) is 25.0 Å². The van der Waals surface area contributed by atoms with E-state index in [2.05, 4.69) is 16.0 Å². The van der Waals surface area contributed by atoms with Gasteiger partial charge in [0.25, 0.3) is 0 Å². The molecule has 0 N–H and O–H groups in total. The van der Waals surface area contributed by atoms with E-state index < -0.39 is 0 Å². The number of anilines is 1. The molecule has 0 bridgehead atoms. The van der Waals surface area contributed by atoms with Gasteiger partial charge in [0.15, 0.2) is 0 Å². The number of benzene rings is 1. The van der Waals surface area contributed by atoms with Crippen LogP contribution in [0, 0.1) is 11.3 Å². The number of aromatic nitrogens is 1. The Kier molecular flexibility index (Phi) is 3.57. The van der Waals surface area contributed by atoms with Crippen molar-refractivity contribution in [3.63, 3.8) is 0 Å². The molecule has 1 aromatic carbocycles. The van der Waals surface area contributed by atoms with Gasteiger partial charge in [0.1, 0.15) is 17.7 Å². The van der Waals surface area contributed by atoms with Gasteiger partial charge in [-0.15, -0.1) is 0 Å². The second-order valence-electron chi connectivity index (χ2n) is 5.54. The largest absolute Gasteiger partial charge is 0.356 e. The lowest BCUT2D eigenvalue weighted by Crippen LogP contribution is -2.36. The lowest BCUT2D eigenvalue weighted by Gasteiger charge is -2.32. The molecule has 21 heavy (non-hydrogen) atoms. The number of para-hydroxylation sites is 1. The first kappa shape index (κ1) is 13.6. The predicted octanol–water partition coefficient (Wildman–Crippen LogP) is 3.05. The van der Waals surface area contributed by atoms with Crippen LogP contribution in [0.3, 0.4) is 0 Å². The van der Waals surface area contributed by atoms with Crippen LogP contribution in [0.1, 0.15) is 31.2 Å². The number of nitrogens with zero attached hydrogens (tertiary/aromatic N) is 3. The normalized spacial score (nSPS) is 15.9. The first-order chi connectivity index (χ1) is 10.2. The smallest absolute Gasteiger partial charge is 0.147 e. The summed E-state index contributed by atoms with van der Waals surface area (Å²) in [6, 6.07) is 12.2. The number of ketones is 1. The minimum absolute atomic E-state index is 0.281. The second-order valence-corrected chi connectivity index (χ2v) is 5.54. The van der Waals surface area contributed by atoms with E-state index in [0.29, 0.717) is 24.2 Å². The van der Waals surface area contributed by atoms with Crippen LogP contribution in [0.25, 0.3) is 10.9 Å². The summed E-state index contributed by atoms with van der Waals surface area (Å²) in [5, 5.41) is 10.4. The van der Waals surface area contributed by atoms with E-state index in [1.54, 1.807) is 0 Å². The highest BCUT2D eigenvalue weighted by Gasteiger charge is 2.24. The number of nitriles is 1. The number of hydrogen-bond donors (Lipinski definition) is 0. The molecule has 4 nitrogen and oxygen atoms in total. The lowest BCUT2D eigenvalue weighted by molar-refractivity contribution is -0.120. The fourth-order valence-corrected chi connectivity index (χ4v) is 2.94. The molecule has 0 aliphatic heterocycles. The zero-order valence-corrected chi connectivity index (χ0v) is 12.0. The van der Waals surface area contributed by atoms with Crippen molar-refractivity contribution >= 4 is 22.5 Å². The number of rotatable bonds is 2. The Balaban J connectivity index is 1.98. The number of hydrogen-bond acceptors (Lipinski definition) is 4. The van der Waals surface area contributed by atoms with Gasteiger partial charge in [-0.1, -0.05) is 18.2 Å². The summed E-state index contributed by atoms with van der Waals surface area (Å²) in [7, 11) is 1.97. The van der Waals surface area contributed by atoms with E-state index in [9.17, 15) is 10.1 Å². The Hall–Kier alpha value is -2.41. The Bertz CT molecular complexity index is 722. The summed E-state index contributed by atoms with van der Waals surface area (Å²) >= 11 is 0. The molecule has 4 heteroatoms. The van der Waals surface area contributed by atoms with Crippen LogP contribution in [0.4, 0.5) is 5.82 Å². The molecule has 0 amide bonds. The van der Waals surface area contributed by atoms with E-state index in [1.165, 1.54) is 0 Å². The fraction of sp³-hybridized carbons (Fsp3) is 0.353. The predicted molar refractivity (Wildman–Crippen MR) is 82.1 cm³/mol. The zero-order valence-electron chi connectivity index (χ0n) is 12.0. The highest BCUT2D eigenvalue weighted by molar-refractivity contribution is 5.83. The number of Topliss-reactive ketones (excluding diaryl/α,β-unsaturated/α-hetero) is 1. The van der Waals surface area contributed by atoms with E-state index in [4.69, 9.17) is 0 Å². The first-order valence-electron chi connectivity index (χ1n) is 7.23. The van der Waals surface area contributed by atoms with Crippen molar-refractivity contribution in [3.8, 4) is 6.07 Å². The van der Waals surface area contributed by atoms with E-state index in [1.807, 2.05) is 37.4 Å². The van der Waals surface area contributed by atoms with Gasteiger partial charge in [0, 0.05) is 31.3 Å². The summed E-state index contributed by atoms with van der Waals surface area (Å²) in [4.78, 5) is 18.1. The van der Waals surface area contributed by atoms with Gasteiger partial charge in [-0.2, -0.15) is 5.26 Å². The third-order valence-corrected chi connectivity index (χ3v) is 4.22. The average Bonchev–Trinajstić information content (AvgIpc) is 2.53. The lowest BCUT2D eigenvalue weighted by atomic mass is 9.93. The third-order valence-electron chi connectivity index (χ3n) is 4.22. The molecule has 0 spiro atoms. The topological polar surface area (TPSA) is 57.0 Å². The van der Waals surface area contributed by atoms with Crippen molar-refractivity contribution in [1.29, 1.82) is 5.26 Å². The maximum Gasteiger partial charge on any atom is 0.147 e. The molecule has 0 unspecified atom stereocenters. The van der Waals surface area contributed by atoms with Gasteiger partial charge >= 0.3 is 0 Å². The van der Waals surface area contributed by atoms with E-state index >= 15 is 0 Å². The minimum Gasteiger partial charge on any atom is -0.356 e. The van der Waals surface area contributed by atoms with Crippen LogP contribution in [-0.4, -0.2) is 23.9 Å². The average molecular weight is 279 g/mol. The molecule has 1 fully saturated rings. The molecule has 0 radical (unpaired) electrons. The van der Waals surface area contributed by atoms with Crippen LogP contribution in [0.2, 0.25) is 0 Å². The van der Waals surface area contributed by atoms with Crippen LogP contribution in [-0.2, 0) is 4.79 Å². The molecule has 106 valence electrons. The van der Waals surface area contributed by atoms with Crippen molar-refractivity contribution in [2.24, 2.45) is 0 Å². The first-order valence-corrected chi connectivity index (χ1v) is 7.23. The molecule has 1 aliphatic carbocycles. The van der Waals surface area contributed by atoms with Gasteiger partial charge in [-0.25, -0.2) is 4.98 Å². The standard InChI is InChI=1S/C17H17N3O/c1-20(14-6-8-15(21)9-7-14)17-13(11-18)10-12-4-2-3-5-16(12)19-17/h2-5,10,14H,6-9H2,1H3. The van der Waals surface area contributed by atoms with Gasteiger partial charge < -0.3 is 4.90 Å². The monoisotopic (exact) mass is 279 g/mol. The highest BCUT2D eigenvalue weighted by atomic mass is 16.1. The summed E-state index contributed by atoms with van der Waals surface area (Å²) in [6.45, 7) is 0. The van der Waals surface area contributed by atoms with Crippen molar-refractivity contribution in [2.75, 3.05) is 11.9 Å². The molecule has 1 heterocycles. The summed E-state index contributed by atoms with van der Waals surface area (Å²) in [6.07, 6.45) is 2.94. The third kappa shape index (κ3) is 2.59. The fourth-order valence-electron chi connectivity index (χ4n) is 2.94. The van der Waals surface area contributed by atoms with Gasteiger partial charge in [0.2, 0.25) is 0 Å². The summed E-state index contributed by atoms with van der Waals surface area (Å²) < 4.78 is 0. The number of pyridine rings is 1. The number of fused-ring (bicyclic) bond motifs is 1. The Labute approximate surface area is 124 Å². The van der Waals surface area contributed by atoms with Crippen molar-refractivity contribution in [3.05, 3.63) is 35.9 Å². The van der Waals surface area contributed by atoms with Crippen LogP contribution >= 0.6 is 0 Å². The Morgan fingerprint density at radius 1 is 1.29 bits per heavy atom. The molecule has 1 aromatic heterocycles. The maximum atomic E-state index is 11.4. The molecular weight excluding hydrogens is 262 g/mol. The van der Waals surface area contributed by atoms with Crippen molar-refractivity contribution in [1.82, 2.24) is 4.98 Å². The van der Waals surface area contributed by atoms with Gasteiger partial charge in [0.05, 0.1) is 11.1 Å². The molecule has 3 rings (SSSR count). The van der Waals surface area contributed by atoms with E-state index in [-0.39, 0.29) is 6.04 Å². The molecule has 1 aliphatic rings. The van der Waals surface area contributed by atoms with E-state index in [0.717, 1.165) is 29.6 Å². The molecule has 1 saturated carbocycles. The summed E-state index contributed by atoms with van der Waals surface area (Å²) in [5.41, 5.74) is 1.48. The Morgan fingerprint density at radius 2 is 2.00 bits per heavy atom. The SMILES string of the molecule is CN(c1nc2ccccc2cc1C#N)C1CCC(=O)CC1. The maximum absolute atomic E-state index is 11.4. The van der Waals surface area contributed by atoms with Crippen LogP contribution in [0.5, 0.6) is 0 Å². The quantitative estimate of drug-likeness (QED) is 0.847. The minimum atomic E-state index is 0.281. The zero-order chi connectivity index (χ0) is 14.8. The van der Waals surface area contributed by atoms with Gasteiger partial charge in [-0.3, -0.25) is 4.79 Å². The molecular formula is C17H17N3O. The van der Waals surface area contributed by atoms with Crippen LogP contribution < -0.4 is 4.90 Å². The Morgan fingerprint density at radius 3 is 2.71 bits per heavy atom.